The van der Waals surface area contributed by atoms with Crippen molar-refractivity contribution < 1.29 is 27.0 Å². The molecule has 2 aromatic carbocycles. The van der Waals surface area contributed by atoms with E-state index in [1.165, 1.54) is 32.4 Å². The molecule has 3 aromatic heterocycles. The lowest BCUT2D eigenvalue weighted by Crippen LogP contribution is -2.24. The largest absolute Gasteiger partial charge is 0.494 e. The molecule has 0 aliphatic heterocycles. The number of imidazole rings is 1. The van der Waals surface area contributed by atoms with Gasteiger partial charge in [-0.3, -0.25) is 4.57 Å². The fraction of sp³-hybridized carbons (Fsp3) is 0.185. The standard InChI is InChI=1S/C27H24ClFN6O5S/c1-4-40-20-13-6-10-17(31-20)26-34-25-27(35(26)22-18(38-2)11-7-12-19(22)39-3)32-21(24(28)33-25)23(41(30,36)37)15-8-5-9-16(29)14-15/h5-14,23H,4H2,1-3H3,(H2,30,36,37). The monoisotopic (exact) mass is 598 g/mol. The SMILES string of the molecule is CCOc1cccc(-c2nc3nc(Cl)c(C(c4cccc(F)c4)S(N)(=O)=O)nc3n2-c2c(OC)cccc2OC)n1. The highest BCUT2D eigenvalue weighted by Crippen LogP contribution is 2.39. The highest BCUT2D eigenvalue weighted by atomic mass is 35.5. The summed E-state index contributed by atoms with van der Waals surface area (Å²) < 4.78 is 58.3. The van der Waals surface area contributed by atoms with Crippen LogP contribution in [0.25, 0.3) is 28.5 Å². The number of hydrogen-bond acceptors (Lipinski definition) is 9. The molecule has 0 spiro atoms. The minimum Gasteiger partial charge on any atom is -0.494 e. The lowest BCUT2D eigenvalue weighted by atomic mass is 10.1. The van der Waals surface area contributed by atoms with Gasteiger partial charge in [0.05, 0.1) is 20.8 Å². The van der Waals surface area contributed by atoms with Crippen molar-refractivity contribution in [3.63, 3.8) is 0 Å². The summed E-state index contributed by atoms with van der Waals surface area (Å²) in [6.45, 7) is 2.23. The van der Waals surface area contributed by atoms with Crippen molar-refractivity contribution in [1.82, 2.24) is 24.5 Å². The molecule has 0 amide bonds. The number of fused-ring (bicyclic) bond motifs is 1. The molecule has 3 heterocycles. The predicted octanol–water partition coefficient (Wildman–Crippen LogP) is 4.46. The number of hydrogen-bond donors (Lipinski definition) is 1. The normalized spacial score (nSPS) is 12.3. The smallest absolute Gasteiger partial charge is 0.222 e. The first-order chi connectivity index (χ1) is 19.7. The van der Waals surface area contributed by atoms with E-state index in [-0.39, 0.29) is 33.5 Å². The van der Waals surface area contributed by atoms with Crippen molar-refractivity contribution in [3.05, 3.63) is 82.9 Å². The summed E-state index contributed by atoms with van der Waals surface area (Å²) in [4.78, 5) is 18.2. The molecule has 0 saturated heterocycles. The van der Waals surface area contributed by atoms with Gasteiger partial charge >= 0.3 is 0 Å². The van der Waals surface area contributed by atoms with Gasteiger partial charge in [-0.25, -0.2) is 37.9 Å². The van der Waals surface area contributed by atoms with Crippen molar-refractivity contribution in [2.45, 2.75) is 12.2 Å². The Morgan fingerprint density at radius 3 is 2.29 bits per heavy atom. The van der Waals surface area contributed by atoms with Crippen LogP contribution >= 0.6 is 11.6 Å². The van der Waals surface area contributed by atoms with Gasteiger partial charge in [0.15, 0.2) is 22.3 Å². The van der Waals surface area contributed by atoms with Gasteiger partial charge in [-0.05, 0) is 42.8 Å². The Kier molecular flexibility index (Phi) is 7.76. The van der Waals surface area contributed by atoms with Gasteiger partial charge in [0.2, 0.25) is 15.9 Å². The third-order valence-corrected chi connectivity index (χ3v) is 7.51. The molecule has 0 aliphatic carbocycles. The molecule has 0 radical (unpaired) electrons. The van der Waals surface area contributed by atoms with Gasteiger partial charge in [0, 0.05) is 6.07 Å². The number of benzene rings is 2. The molecular weight excluding hydrogens is 575 g/mol. The van der Waals surface area contributed by atoms with Gasteiger partial charge in [0.25, 0.3) is 0 Å². The summed E-state index contributed by atoms with van der Waals surface area (Å²) in [5.41, 5.74) is 0.738. The molecule has 2 N–H and O–H groups in total. The minimum absolute atomic E-state index is 0.0234. The second kappa shape index (κ2) is 11.3. The van der Waals surface area contributed by atoms with Crippen molar-refractivity contribution in [3.8, 4) is 34.6 Å². The van der Waals surface area contributed by atoms with Gasteiger partial charge in [0.1, 0.15) is 39.6 Å². The first-order valence-electron chi connectivity index (χ1n) is 12.2. The molecule has 0 saturated carbocycles. The van der Waals surface area contributed by atoms with E-state index >= 15 is 0 Å². The molecular formula is C27H24ClFN6O5S. The van der Waals surface area contributed by atoms with E-state index in [1.54, 1.807) is 41.0 Å². The fourth-order valence-corrected chi connectivity index (χ4v) is 5.73. The molecule has 212 valence electrons. The van der Waals surface area contributed by atoms with Gasteiger partial charge in [-0.1, -0.05) is 35.9 Å². The van der Waals surface area contributed by atoms with Gasteiger partial charge in [-0.15, -0.1) is 0 Å². The molecule has 1 atom stereocenters. The molecule has 5 aromatic rings. The molecule has 14 heteroatoms. The third-order valence-electron chi connectivity index (χ3n) is 6.08. The quantitative estimate of drug-likeness (QED) is 0.260. The average molecular weight is 599 g/mol. The lowest BCUT2D eigenvalue weighted by Gasteiger charge is -2.18. The van der Waals surface area contributed by atoms with E-state index in [9.17, 15) is 12.8 Å². The summed E-state index contributed by atoms with van der Waals surface area (Å²) >= 11 is 6.51. The average Bonchev–Trinajstić information content (AvgIpc) is 3.30. The van der Waals surface area contributed by atoms with Crippen molar-refractivity contribution in [1.29, 1.82) is 0 Å². The Morgan fingerprint density at radius 1 is 0.976 bits per heavy atom. The number of primary sulfonamides is 1. The Labute approximate surface area is 239 Å². The maximum Gasteiger partial charge on any atom is 0.222 e. The zero-order valence-electron chi connectivity index (χ0n) is 22.1. The van der Waals surface area contributed by atoms with Crippen molar-refractivity contribution in [2.75, 3.05) is 20.8 Å². The topological polar surface area (TPSA) is 144 Å². The van der Waals surface area contributed by atoms with Crippen LogP contribution in [-0.2, 0) is 10.0 Å². The van der Waals surface area contributed by atoms with Crippen LogP contribution in [0.3, 0.4) is 0 Å². The van der Waals surface area contributed by atoms with E-state index in [2.05, 4.69) is 19.9 Å². The summed E-state index contributed by atoms with van der Waals surface area (Å²) in [5, 5.41) is 3.72. The Morgan fingerprint density at radius 2 is 1.66 bits per heavy atom. The number of sulfonamides is 1. The molecule has 0 fully saturated rings. The van der Waals surface area contributed by atoms with E-state index in [0.29, 0.717) is 35.4 Å². The molecule has 1 unspecified atom stereocenters. The second-order valence-corrected chi connectivity index (χ2v) is 10.7. The Bertz CT molecular complexity index is 1840. The van der Waals surface area contributed by atoms with Crippen LogP contribution in [0.15, 0.2) is 60.7 Å². The van der Waals surface area contributed by atoms with E-state index in [4.69, 9.17) is 31.0 Å². The molecule has 41 heavy (non-hydrogen) atoms. The van der Waals surface area contributed by atoms with Crippen LogP contribution in [-0.4, -0.2) is 53.7 Å². The minimum atomic E-state index is -4.40. The summed E-state index contributed by atoms with van der Waals surface area (Å²) in [5.74, 6) is 0.730. The van der Waals surface area contributed by atoms with Crippen LogP contribution in [0.1, 0.15) is 23.4 Å². The van der Waals surface area contributed by atoms with Crippen LogP contribution in [0.2, 0.25) is 5.15 Å². The maximum atomic E-state index is 14.2. The first-order valence-corrected chi connectivity index (χ1v) is 14.2. The van der Waals surface area contributed by atoms with E-state index in [1.807, 2.05) is 6.92 Å². The highest BCUT2D eigenvalue weighted by Gasteiger charge is 2.33. The van der Waals surface area contributed by atoms with Crippen molar-refractivity contribution in [2.24, 2.45) is 5.14 Å². The highest BCUT2D eigenvalue weighted by molar-refractivity contribution is 7.89. The Hall–Kier alpha value is -4.33. The number of methoxy groups -OCH3 is 2. The molecule has 0 bridgehead atoms. The lowest BCUT2D eigenvalue weighted by molar-refractivity contribution is 0.327. The van der Waals surface area contributed by atoms with Gasteiger partial charge in [-0.2, -0.15) is 0 Å². The number of aromatic nitrogens is 5. The van der Waals surface area contributed by atoms with E-state index < -0.39 is 21.1 Å². The van der Waals surface area contributed by atoms with Crippen LogP contribution < -0.4 is 19.3 Å². The summed E-state index contributed by atoms with van der Waals surface area (Å²) in [6.07, 6.45) is 0. The number of halogens is 2. The van der Waals surface area contributed by atoms with Crippen molar-refractivity contribution >= 4 is 32.9 Å². The second-order valence-electron chi connectivity index (χ2n) is 8.65. The Balaban J connectivity index is 1.89. The van der Waals surface area contributed by atoms with Crippen LogP contribution in [0.4, 0.5) is 4.39 Å². The number of para-hydroxylation sites is 1. The van der Waals surface area contributed by atoms with Crippen LogP contribution in [0, 0.1) is 5.82 Å². The van der Waals surface area contributed by atoms with Crippen LogP contribution in [0.5, 0.6) is 17.4 Å². The number of pyridine rings is 1. The number of ether oxygens (including phenoxy) is 3. The molecule has 11 nitrogen and oxygen atoms in total. The zero-order chi connectivity index (χ0) is 29.3. The molecule has 5 rings (SSSR count). The fourth-order valence-electron chi connectivity index (χ4n) is 4.43. The first kappa shape index (κ1) is 28.2. The predicted molar refractivity (Wildman–Crippen MR) is 151 cm³/mol. The summed E-state index contributed by atoms with van der Waals surface area (Å²) in [6, 6.07) is 15.3. The van der Waals surface area contributed by atoms with Gasteiger partial charge < -0.3 is 14.2 Å². The number of nitrogens with zero attached hydrogens (tertiary/aromatic N) is 5. The maximum absolute atomic E-state index is 14.2. The number of rotatable bonds is 9. The zero-order valence-corrected chi connectivity index (χ0v) is 23.6. The van der Waals surface area contributed by atoms with E-state index in [0.717, 1.165) is 6.07 Å². The summed E-state index contributed by atoms with van der Waals surface area (Å²) in [7, 11) is -1.43. The number of nitrogens with two attached hydrogens (primary N) is 1. The molecule has 0 aliphatic rings. The third kappa shape index (κ3) is 5.38.